The van der Waals surface area contributed by atoms with Gasteiger partial charge in [-0.2, -0.15) is 0 Å². The second-order valence-corrected chi connectivity index (χ2v) is 4.75. The average molecular weight is 292 g/mol. The van der Waals surface area contributed by atoms with E-state index in [1.54, 1.807) is 0 Å². The normalized spacial score (nSPS) is 31.2. The summed E-state index contributed by atoms with van der Waals surface area (Å²) in [5.74, 6) is -0.461. The van der Waals surface area contributed by atoms with Crippen LogP contribution < -0.4 is 0 Å². The minimum absolute atomic E-state index is 0.160. The molecule has 1 saturated heterocycles. The van der Waals surface area contributed by atoms with Crippen LogP contribution in [0.15, 0.2) is 0 Å². The Hall–Kier alpha value is -0.900. The number of aliphatic hydroxyl groups excluding tert-OH is 3. The summed E-state index contributed by atoms with van der Waals surface area (Å²) in [7, 11) is 0. The van der Waals surface area contributed by atoms with E-state index in [0.717, 1.165) is 0 Å². The zero-order valence-corrected chi connectivity index (χ0v) is 11.4. The summed E-state index contributed by atoms with van der Waals surface area (Å²) in [6.07, 6.45) is -6.29. The lowest BCUT2D eigenvalue weighted by molar-refractivity contribution is -0.183. The van der Waals surface area contributed by atoms with E-state index in [0.29, 0.717) is 0 Å². The largest absolute Gasteiger partial charge is 0.388 e. The highest BCUT2D eigenvalue weighted by molar-refractivity contribution is 5.77. The summed E-state index contributed by atoms with van der Waals surface area (Å²) in [4.78, 5) is 21.5. The molecule has 0 unspecified atom stereocenters. The fraction of sp³-hybridized carbons (Fsp3) is 0.833. The molecule has 0 bridgehead atoms. The summed E-state index contributed by atoms with van der Waals surface area (Å²) >= 11 is 0. The Morgan fingerprint density at radius 2 is 1.75 bits per heavy atom. The average Bonchev–Trinajstić information content (AvgIpc) is 2.63. The van der Waals surface area contributed by atoms with Gasteiger partial charge in [-0.1, -0.05) is 0 Å². The van der Waals surface area contributed by atoms with Crippen LogP contribution >= 0.6 is 0 Å². The molecule has 0 saturated carbocycles. The monoisotopic (exact) mass is 292 g/mol. The van der Waals surface area contributed by atoms with Gasteiger partial charge in [-0.05, 0) is 13.8 Å². The van der Waals surface area contributed by atoms with Crippen molar-refractivity contribution in [2.24, 2.45) is 0 Å². The molecule has 1 aliphatic rings. The first kappa shape index (κ1) is 17.2. The molecule has 1 fully saturated rings. The molecule has 5 atom stereocenters. The Balaban J connectivity index is 2.45. The van der Waals surface area contributed by atoms with Gasteiger partial charge in [0.25, 0.3) is 0 Å². The van der Waals surface area contributed by atoms with Gasteiger partial charge in [0.2, 0.25) is 0 Å². The molecule has 8 heteroatoms. The Morgan fingerprint density at radius 1 is 1.15 bits per heavy atom. The molecule has 1 aliphatic heterocycles. The van der Waals surface area contributed by atoms with Crippen LogP contribution in [-0.4, -0.2) is 77.4 Å². The summed E-state index contributed by atoms with van der Waals surface area (Å²) in [5, 5.41) is 29.2. The van der Waals surface area contributed by atoms with Gasteiger partial charge >= 0.3 is 0 Å². The highest BCUT2D eigenvalue weighted by Crippen LogP contribution is 2.24. The zero-order chi connectivity index (χ0) is 15.3. The van der Waals surface area contributed by atoms with Gasteiger partial charge in [0, 0.05) is 0 Å². The first-order valence-electron chi connectivity index (χ1n) is 6.20. The highest BCUT2D eigenvalue weighted by atomic mass is 16.7. The lowest BCUT2D eigenvalue weighted by Crippen LogP contribution is -2.41. The summed E-state index contributed by atoms with van der Waals surface area (Å²) in [5.41, 5.74) is 0. The van der Waals surface area contributed by atoms with Gasteiger partial charge in [0.05, 0.1) is 6.61 Å². The van der Waals surface area contributed by atoms with E-state index in [1.807, 2.05) is 0 Å². The van der Waals surface area contributed by atoms with E-state index in [9.17, 15) is 24.9 Å². The number of aliphatic hydroxyl groups is 3. The van der Waals surface area contributed by atoms with E-state index >= 15 is 0 Å². The van der Waals surface area contributed by atoms with Gasteiger partial charge in [0.1, 0.15) is 37.6 Å². The van der Waals surface area contributed by atoms with Crippen molar-refractivity contribution in [3.8, 4) is 0 Å². The van der Waals surface area contributed by atoms with E-state index in [-0.39, 0.29) is 31.4 Å². The van der Waals surface area contributed by atoms with Crippen molar-refractivity contribution in [3.05, 3.63) is 0 Å². The molecule has 0 aromatic rings. The topological polar surface area (TPSA) is 123 Å². The molecular formula is C12H20O8. The molecule has 0 aliphatic carbocycles. The minimum Gasteiger partial charge on any atom is -0.388 e. The van der Waals surface area contributed by atoms with Crippen molar-refractivity contribution < 1.29 is 39.1 Å². The molecule has 8 nitrogen and oxygen atoms in total. The van der Waals surface area contributed by atoms with E-state index < -0.39 is 30.7 Å². The molecule has 1 rings (SSSR count). The molecule has 3 N–H and O–H groups in total. The maximum absolute atomic E-state index is 10.8. The number of carbonyl (C=O) groups is 2. The predicted molar refractivity (Wildman–Crippen MR) is 64.8 cm³/mol. The van der Waals surface area contributed by atoms with Crippen LogP contribution in [0.5, 0.6) is 0 Å². The van der Waals surface area contributed by atoms with Crippen molar-refractivity contribution >= 4 is 11.6 Å². The Labute approximate surface area is 116 Å². The quantitative estimate of drug-likeness (QED) is 0.470. The van der Waals surface area contributed by atoms with Gasteiger partial charge < -0.3 is 29.5 Å². The SMILES string of the molecule is CC(=O)COC[C@H](O)[C@H]1O[C@H](OCC(C)=O)[C@H](O)[C@H]1O. The van der Waals surface area contributed by atoms with Crippen LogP contribution in [0.2, 0.25) is 0 Å². The van der Waals surface area contributed by atoms with Crippen LogP contribution in [0.3, 0.4) is 0 Å². The minimum atomic E-state index is -1.37. The van der Waals surface area contributed by atoms with Gasteiger partial charge in [-0.15, -0.1) is 0 Å². The molecule has 0 spiro atoms. The third-order valence-corrected chi connectivity index (χ3v) is 2.68. The molecule has 0 amide bonds. The number of hydrogen-bond acceptors (Lipinski definition) is 8. The predicted octanol–water partition coefficient (Wildman–Crippen LogP) is -1.99. The fourth-order valence-corrected chi connectivity index (χ4v) is 1.75. The zero-order valence-electron chi connectivity index (χ0n) is 11.4. The van der Waals surface area contributed by atoms with Crippen LogP contribution in [0.25, 0.3) is 0 Å². The smallest absolute Gasteiger partial charge is 0.187 e. The number of hydrogen-bond donors (Lipinski definition) is 3. The Kier molecular flexibility index (Phi) is 6.66. The maximum Gasteiger partial charge on any atom is 0.187 e. The number of ketones is 2. The highest BCUT2D eigenvalue weighted by Gasteiger charge is 2.46. The second kappa shape index (κ2) is 7.77. The van der Waals surface area contributed by atoms with Gasteiger partial charge in [0.15, 0.2) is 17.9 Å². The van der Waals surface area contributed by atoms with Crippen LogP contribution in [0.1, 0.15) is 13.8 Å². The van der Waals surface area contributed by atoms with Crippen molar-refractivity contribution in [3.63, 3.8) is 0 Å². The van der Waals surface area contributed by atoms with Gasteiger partial charge in [-0.25, -0.2) is 0 Å². The third-order valence-electron chi connectivity index (χ3n) is 2.68. The first-order valence-corrected chi connectivity index (χ1v) is 6.20. The van der Waals surface area contributed by atoms with Crippen LogP contribution in [0.4, 0.5) is 0 Å². The fourth-order valence-electron chi connectivity index (χ4n) is 1.75. The summed E-state index contributed by atoms with van der Waals surface area (Å²) in [6, 6.07) is 0. The Bertz CT molecular complexity index is 344. The molecule has 0 aromatic carbocycles. The van der Waals surface area contributed by atoms with Crippen molar-refractivity contribution in [2.75, 3.05) is 19.8 Å². The number of ether oxygens (including phenoxy) is 3. The van der Waals surface area contributed by atoms with Crippen LogP contribution in [-0.2, 0) is 23.8 Å². The van der Waals surface area contributed by atoms with Crippen molar-refractivity contribution in [1.29, 1.82) is 0 Å². The molecule has 116 valence electrons. The molecule has 20 heavy (non-hydrogen) atoms. The van der Waals surface area contributed by atoms with E-state index in [4.69, 9.17) is 14.2 Å². The second-order valence-electron chi connectivity index (χ2n) is 4.75. The standard InChI is InChI=1S/C12H20O8/c1-6(13)3-18-5-8(15)11-9(16)10(17)12(20-11)19-4-7(2)14/h8-12,15-17H,3-5H2,1-2H3/t8-,9+,10+,11+,12-/m0/s1. The lowest BCUT2D eigenvalue weighted by atomic mass is 10.1. The lowest BCUT2D eigenvalue weighted by Gasteiger charge is -2.20. The maximum atomic E-state index is 10.8. The Morgan fingerprint density at radius 3 is 2.30 bits per heavy atom. The van der Waals surface area contributed by atoms with Crippen molar-refractivity contribution in [2.45, 2.75) is 44.6 Å². The van der Waals surface area contributed by atoms with Gasteiger partial charge in [-0.3, -0.25) is 9.59 Å². The number of rotatable bonds is 8. The molecule has 0 aromatic heterocycles. The third kappa shape index (κ3) is 4.89. The molecular weight excluding hydrogens is 272 g/mol. The number of Topliss-reactive ketones (excluding diaryl/α,β-unsaturated/α-hetero) is 2. The molecule has 1 heterocycles. The van der Waals surface area contributed by atoms with Crippen LogP contribution in [0, 0.1) is 0 Å². The number of carbonyl (C=O) groups excluding carboxylic acids is 2. The van der Waals surface area contributed by atoms with E-state index in [2.05, 4.69) is 0 Å². The summed E-state index contributed by atoms with van der Waals surface area (Å²) in [6.45, 7) is 1.99. The summed E-state index contributed by atoms with van der Waals surface area (Å²) < 4.78 is 15.1. The van der Waals surface area contributed by atoms with E-state index in [1.165, 1.54) is 13.8 Å². The first-order chi connectivity index (χ1) is 9.32. The van der Waals surface area contributed by atoms with Crippen molar-refractivity contribution in [1.82, 2.24) is 0 Å². The molecule has 0 radical (unpaired) electrons.